The van der Waals surface area contributed by atoms with Crippen LogP contribution in [0.25, 0.3) is 0 Å². The average Bonchev–Trinajstić information content (AvgIpc) is 2.33. The molecule has 0 amide bonds. The van der Waals surface area contributed by atoms with Crippen molar-refractivity contribution in [1.82, 2.24) is 15.6 Å². The fourth-order valence-corrected chi connectivity index (χ4v) is 1.09. The zero-order valence-corrected chi connectivity index (χ0v) is 8.44. The number of carboxylic acids is 1. The number of aromatic carboxylic acids is 1. The van der Waals surface area contributed by atoms with Gasteiger partial charge in [-0.25, -0.2) is 9.78 Å². The molecule has 15 heavy (non-hydrogen) atoms. The van der Waals surface area contributed by atoms with Crippen LogP contribution in [0.15, 0.2) is 24.4 Å². The fraction of sp³-hybridized carbons (Fsp3) is 0.400. The van der Waals surface area contributed by atoms with Gasteiger partial charge in [0.05, 0.1) is 0 Å². The molecule has 1 aromatic rings. The van der Waals surface area contributed by atoms with Gasteiger partial charge in [0.1, 0.15) is 5.69 Å². The van der Waals surface area contributed by atoms with Gasteiger partial charge in [-0.1, -0.05) is 6.07 Å². The number of nitrogens with zero attached hydrogens (tertiary/aromatic N) is 1. The van der Waals surface area contributed by atoms with Crippen LogP contribution in [0.4, 0.5) is 0 Å². The molecular formula is C10H15N3O2. The maximum absolute atomic E-state index is 10.1. The van der Waals surface area contributed by atoms with Crippen LogP contribution in [0.1, 0.15) is 10.5 Å². The van der Waals surface area contributed by atoms with Crippen molar-refractivity contribution in [1.29, 1.82) is 0 Å². The summed E-state index contributed by atoms with van der Waals surface area (Å²) in [5.74, 6) is -0.990. The minimum absolute atomic E-state index is 0.0810. The van der Waals surface area contributed by atoms with E-state index in [1.165, 1.54) is 12.3 Å². The molecule has 1 aliphatic heterocycles. The van der Waals surface area contributed by atoms with Gasteiger partial charge in [-0.2, -0.15) is 0 Å². The van der Waals surface area contributed by atoms with Crippen molar-refractivity contribution in [3.8, 4) is 0 Å². The van der Waals surface area contributed by atoms with Crippen LogP contribution in [0.2, 0.25) is 0 Å². The smallest absolute Gasteiger partial charge is 0.354 e. The maximum atomic E-state index is 10.1. The van der Waals surface area contributed by atoms with Crippen molar-refractivity contribution < 1.29 is 9.90 Å². The molecule has 0 unspecified atom stereocenters. The van der Waals surface area contributed by atoms with Gasteiger partial charge in [0.2, 0.25) is 0 Å². The first-order chi connectivity index (χ1) is 7.30. The molecule has 0 aliphatic carbocycles. The van der Waals surface area contributed by atoms with E-state index in [0.29, 0.717) is 0 Å². The summed E-state index contributed by atoms with van der Waals surface area (Å²) in [6.07, 6.45) is 1.45. The Morgan fingerprint density at radius 2 is 1.80 bits per heavy atom. The Morgan fingerprint density at radius 3 is 2.07 bits per heavy atom. The van der Waals surface area contributed by atoms with E-state index in [0.717, 1.165) is 26.2 Å². The van der Waals surface area contributed by atoms with E-state index >= 15 is 0 Å². The largest absolute Gasteiger partial charge is 0.477 e. The fourth-order valence-electron chi connectivity index (χ4n) is 1.09. The zero-order valence-electron chi connectivity index (χ0n) is 8.44. The molecule has 1 saturated heterocycles. The molecule has 0 atom stereocenters. The van der Waals surface area contributed by atoms with E-state index in [-0.39, 0.29) is 5.69 Å². The van der Waals surface area contributed by atoms with Gasteiger partial charge in [0.15, 0.2) is 0 Å². The summed E-state index contributed by atoms with van der Waals surface area (Å²) in [4.78, 5) is 13.7. The topological polar surface area (TPSA) is 74.2 Å². The summed E-state index contributed by atoms with van der Waals surface area (Å²) >= 11 is 0. The Kier molecular flexibility index (Phi) is 5.35. The first kappa shape index (κ1) is 11.6. The van der Waals surface area contributed by atoms with E-state index in [4.69, 9.17) is 5.11 Å². The molecule has 3 N–H and O–H groups in total. The lowest BCUT2D eigenvalue weighted by Gasteiger charge is -2.11. The van der Waals surface area contributed by atoms with Crippen LogP contribution in [0.5, 0.6) is 0 Å². The van der Waals surface area contributed by atoms with Crippen molar-refractivity contribution in [2.24, 2.45) is 0 Å². The standard InChI is InChI=1S/C6H5NO2.C4H10N2/c8-6(9)5-3-1-2-4-7-5;1-2-6-4-3-5-1/h1-4H,(H,8,9);5-6H,1-4H2. The summed E-state index contributed by atoms with van der Waals surface area (Å²) in [7, 11) is 0. The predicted octanol–water partition coefficient (Wildman–Crippen LogP) is -0.0410. The van der Waals surface area contributed by atoms with Crippen molar-refractivity contribution in [3.63, 3.8) is 0 Å². The third-order valence-electron chi connectivity index (χ3n) is 1.84. The molecule has 1 aromatic heterocycles. The number of carbonyl (C=O) groups is 1. The van der Waals surface area contributed by atoms with E-state index in [9.17, 15) is 4.79 Å². The van der Waals surface area contributed by atoms with Crippen LogP contribution < -0.4 is 10.6 Å². The first-order valence-electron chi connectivity index (χ1n) is 4.86. The zero-order chi connectivity index (χ0) is 10.9. The van der Waals surface area contributed by atoms with Crippen LogP contribution >= 0.6 is 0 Å². The second-order valence-corrected chi connectivity index (χ2v) is 3.02. The Morgan fingerprint density at radius 1 is 1.20 bits per heavy atom. The molecule has 5 heteroatoms. The van der Waals surface area contributed by atoms with Gasteiger partial charge < -0.3 is 15.7 Å². The Labute approximate surface area is 88.5 Å². The molecule has 0 saturated carbocycles. The molecule has 2 heterocycles. The lowest BCUT2D eigenvalue weighted by molar-refractivity contribution is 0.0690. The Hall–Kier alpha value is -1.46. The minimum atomic E-state index is -0.990. The third kappa shape index (κ3) is 5.09. The van der Waals surface area contributed by atoms with Gasteiger partial charge >= 0.3 is 5.97 Å². The van der Waals surface area contributed by atoms with Crippen LogP contribution in [-0.2, 0) is 0 Å². The molecule has 0 radical (unpaired) electrons. The Bertz CT molecular complexity index is 274. The predicted molar refractivity (Wildman–Crippen MR) is 56.9 cm³/mol. The number of hydrogen-bond acceptors (Lipinski definition) is 4. The SMILES string of the molecule is C1CNCCN1.O=C(O)c1ccccn1. The number of hydrogen-bond donors (Lipinski definition) is 3. The van der Waals surface area contributed by atoms with Crippen molar-refractivity contribution in [2.45, 2.75) is 0 Å². The number of nitrogens with one attached hydrogen (secondary N) is 2. The van der Waals surface area contributed by atoms with Gasteiger partial charge in [0, 0.05) is 32.4 Å². The van der Waals surface area contributed by atoms with Gasteiger partial charge in [-0.3, -0.25) is 0 Å². The van der Waals surface area contributed by atoms with Gasteiger partial charge in [-0.05, 0) is 12.1 Å². The number of carboxylic acid groups (broad SMARTS) is 1. The molecule has 1 aliphatic rings. The first-order valence-corrected chi connectivity index (χ1v) is 4.86. The highest BCUT2D eigenvalue weighted by Gasteiger charge is 1.98. The molecule has 82 valence electrons. The van der Waals surface area contributed by atoms with Crippen molar-refractivity contribution in [2.75, 3.05) is 26.2 Å². The second kappa shape index (κ2) is 6.92. The highest BCUT2D eigenvalue weighted by molar-refractivity contribution is 5.85. The summed E-state index contributed by atoms with van der Waals surface area (Å²) in [5.41, 5.74) is 0.0810. The summed E-state index contributed by atoms with van der Waals surface area (Å²) in [6, 6.07) is 4.76. The van der Waals surface area contributed by atoms with Crippen molar-refractivity contribution in [3.05, 3.63) is 30.1 Å². The quantitative estimate of drug-likeness (QED) is 0.605. The normalized spacial score (nSPS) is 14.9. The van der Waals surface area contributed by atoms with Crippen LogP contribution in [-0.4, -0.2) is 42.2 Å². The number of aromatic nitrogens is 1. The van der Waals surface area contributed by atoms with Gasteiger partial charge in [-0.15, -0.1) is 0 Å². The minimum Gasteiger partial charge on any atom is -0.477 e. The number of rotatable bonds is 1. The van der Waals surface area contributed by atoms with E-state index in [1.807, 2.05) is 0 Å². The monoisotopic (exact) mass is 209 g/mol. The van der Waals surface area contributed by atoms with E-state index < -0.39 is 5.97 Å². The molecule has 2 rings (SSSR count). The van der Waals surface area contributed by atoms with Crippen LogP contribution in [0.3, 0.4) is 0 Å². The number of pyridine rings is 1. The van der Waals surface area contributed by atoms with Crippen LogP contribution in [0, 0.1) is 0 Å². The average molecular weight is 209 g/mol. The van der Waals surface area contributed by atoms with Gasteiger partial charge in [0.25, 0.3) is 0 Å². The summed E-state index contributed by atoms with van der Waals surface area (Å²) < 4.78 is 0. The number of piperazine rings is 1. The van der Waals surface area contributed by atoms with E-state index in [2.05, 4.69) is 15.6 Å². The maximum Gasteiger partial charge on any atom is 0.354 e. The lowest BCUT2D eigenvalue weighted by atomic mass is 10.4. The third-order valence-corrected chi connectivity index (χ3v) is 1.84. The lowest BCUT2D eigenvalue weighted by Crippen LogP contribution is -2.39. The second-order valence-electron chi connectivity index (χ2n) is 3.02. The van der Waals surface area contributed by atoms with Crippen molar-refractivity contribution >= 4 is 5.97 Å². The summed E-state index contributed by atoms with van der Waals surface area (Å²) in [6.45, 7) is 4.56. The van der Waals surface area contributed by atoms with E-state index in [1.54, 1.807) is 12.1 Å². The molecule has 0 aromatic carbocycles. The molecular weight excluding hydrogens is 194 g/mol. The highest BCUT2D eigenvalue weighted by atomic mass is 16.4. The summed E-state index contributed by atoms with van der Waals surface area (Å²) in [5, 5.41) is 14.8. The molecule has 0 spiro atoms. The Balaban J connectivity index is 0.000000162. The highest BCUT2D eigenvalue weighted by Crippen LogP contribution is 1.90. The molecule has 0 bridgehead atoms. The molecule has 5 nitrogen and oxygen atoms in total. The molecule has 1 fully saturated rings.